The standard InChI is InChI=1S/C18H21NO3/c1-14-7-8-16(22-14)13-19-17(20)18(9-11-21-12-10-18)15-5-3-2-4-6-15/h2-8H,9-13H2,1H3,(H,19,20). The number of carbonyl (C=O) groups is 1. The molecule has 3 rings (SSSR count). The predicted molar refractivity (Wildman–Crippen MR) is 83.5 cm³/mol. The van der Waals surface area contributed by atoms with Gasteiger partial charge in [0.15, 0.2) is 0 Å². The van der Waals surface area contributed by atoms with Crippen molar-refractivity contribution in [2.75, 3.05) is 13.2 Å². The number of carbonyl (C=O) groups excluding carboxylic acids is 1. The molecule has 0 saturated carbocycles. The Morgan fingerprint density at radius 3 is 2.50 bits per heavy atom. The van der Waals surface area contributed by atoms with E-state index >= 15 is 0 Å². The molecule has 2 heterocycles. The molecule has 0 aliphatic carbocycles. The predicted octanol–water partition coefficient (Wildman–Crippen LogP) is 2.95. The van der Waals surface area contributed by atoms with Crippen molar-refractivity contribution in [2.45, 2.75) is 31.7 Å². The number of benzene rings is 1. The van der Waals surface area contributed by atoms with E-state index in [1.807, 2.05) is 49.4 Å². The molecule has 2 aromatic rings. The van der Waals surface area contributed by atoms with Crippen molar-refractivity contribution in [1.29, 1.82) is 0 Å². The van der Waals surface area contributed by atoms with Crippen LogP contribution in [0.1, 0.15) is 29.9 Å². The van der Waals surface area contributed by atoms with E-state index in [-0.39, 0.29) is 5.91 Å². The molecule has 1 aromatic carbocycles. The minimum atomic E-state index is -0.499. The number of amides is 1. The van der Waals surface area contributed by atoms with Crippen LogP contribution in [0.15, 0.2) is 46.9 Å². The molecule has 22 heavy (non-hydrogen) atoms. The zero-order valence-corrected chi connectivity index (χ0v) is 12.8. The summed E-state index contributed by atoms with van der Waals surface area (Å²) in [7, 11) is 0. The van der Waals surface area contributed by atoms with Crippen LogP contribution in [-0.2, 0) is 21.5 Å². The van der Waals surface area contributed by atoms with Crippen molar-refractivity contribution in [3.63, 3.8) is 0 Å². The van der Waals surface area contributed by atoms with Crippen LogP contribution >= 0.6 is 0 Å². The molecule has 1 aliphatic rings. The number of aryl methyl sites for hydroxylation is 1. The van der Waals surface area contributed by atoms with Gasteiger partial charge >= 0.3 is 0 Å². The quantitative estimate of drug-likeness (QED) is 0.944. The summed E-state index contributed by atoms with van der Waals surface area (Å²) in [5.41, 5.74) is 0.563. The molecule has 1 fully saturated rings. The number of hydrogen-bond acceptors (Lipinski definition) is 3. The van der Waals surface area contributed by atoms with Crippen LogP contribution < -0.4 is 5.32 Å². The van der Waals surface area contributed by atoms with Crippen molar-refractivity contribution >= 4 is 5.91 Å². The van der Waals surface area contributed by atoms with E-state index < -0.39 is 5.41 Å². The number of ether oxygens (including phenoxy) is 1. The van der Waals surface area contributed by atoms with Crippen LogP contribution in [0.2, 0.25) is 0 Å². The highest BCUT2D eigenvalue weighted by Crippen LogP contribution is 2.35. The van der Waals surface area contributed by atoms with Gasteiger partial charge in [-0.1, -0.05) is 30.3 Å². The monoisotopic (exact) mass is 299 g/mol. The van der Waals surface area contributed by atoms with Crippen LogP contribution in [0.25, 0.3) is 0 Å². The number of hydrogen-bond donors (Lipinski definition) is 1. The molecule has 1 aliphatic heterocycles. The Labute approximate surface area is 130 Å². The molecule has 1 aromatic heterocycles. The summed E-state index contributed by atoms with van der Waals surface area (Å²) >= 11 is 0. The Morgan fingerprint density at radius 1 is 1.14 bits per heavy atom. The zero-order chi connectivity index (χ0) is 15.4. The van der Waals surface area contributed by atoms with Crippen molar-refractivity contribution in [3.05, 3.63) is 59.5 Å². The van der Waals surface area contributed by atoms with Gasteiger partial charge in [0.2, 0.25) is 5.91 Å². The Kier molecular flexibility index (Phi) is 4.29. The van der Waals surface area contributed by atoms with Crippen molar-refractivity contribution in [1.82, 2.24) is 5.32 Å². The Hall–Kier alpha value is -2.07. The van der Waals surface area contributed by atoms with E-state index in [1.54, 1.807) is 0 Å². The smallest absolute Gasteiger partial charge is 0.231 e. The molecular formula is C18H21NO3. The van der Waals surface area contributed by atoms with Gasteiger partial charge < -0.3 is 14.5 Å². The summed E-state index contributed by atoms with van der Waals surface area (Å²) in [5, 5.41) is 3.03. The Balaban J connectivity index is 1.78. The van der Waals surface area contributed by atoms with E-state index in [0.29, 0.717) is 32.6 Å². The maximum absolute atomic E-state index is 12.9. The third-order valence-electron chi connectivity index (χ3n) is 4.33. The lowest BCUT2D eigenvalue weighted by Gasteiger charge is -2.36. The fraction of sp³-hybridized carbons (Fsp3) is 0.389. The van der Waals surface area contributed by atoms with E-state index in [4.69, 9.17) is 9.15 Å². The van der Waals surface area contributed by atoms with Crippen LogP contribution in [0.4, 0.5) is 0 Å². The van der Waals surface area contributed by atoms with Gasteiger partial charge in [-0.05, 0) is 37.5 Å². The summed E-state index contributed by atoms with van der Waals surface area (Å²) in [6, 6.07) is 13.8. The topological polar surface area (TPSA) is 51.5 Å². The molecule has 4 nitrogen and oxygen atoms in total. The van der Waals surface area contributed by atoms with E-state index in [1.165, 1.54) is 0 Å². The highest BCUT2D eigenvalue weighted by Gasteiger charge is 2.41. The summed E-state index contributed by atoms with van der Waals surface area (Å²) in [6.45, 7) is 3.54. The largest absolute Gasteiger partial charge is 0.465 e. The van der Waals surface area contributed by atoms with Gasteiger partial charge in [-0.2, -0.15) is 0 Å². The molecule has 0 atom stereocenters. The van der Waals surface area contributed by atoms with Crippen molar-refractivity contribution < 1.29 is 13.9 Å². The second kappa shape index (κ2) is 6.36. The second-order valence-electron chi connectivity index (χ2n) is 5.76. The fourth-order valence-corrected chi connectivity index (χ4v) is 3.04. The van der Waals surface area contributed by atoms with E-state index in [9.17, 15) is 4.79 Å². The summed E-state index contributed by atoms with van der Waals surface area (Å²) in [4.78, 5) is 12.9. The summed E-state index contributed by atoms with van der Waals surface area (Å²) in [5.74, 6) is 1.69. The molecule has 1 saturated heterocycles. The molecule has 116 valence electrons. The molecule has 1 amide bonds. The SMILES string of the molecule is Cc1ccc(CNC(=O)C2(c3ccccc3)CCOCC2)o1. The lowest BCUT2D eigenvalue weighted by molar-refractivity contribution is -0.130. The van der Waals surface area contributed by atoms with Gasteiger partial charge in [0.25, 0.3) is 0 Å². The van der Waals surface area contributed by atoms with E-state index in [0.717, 1.165) is 17.1 Å². The first-order valence-corrected chi connectivity index (χ1v) is 7.68. The first-order valence-electron chi connectivity index (χ1n) is 7.68. The first-order chi connectivity index (χ1) is 10.7. The number of nitrogens with one attached hydrogen (secondary N) is 1. The first kappa shape index (κ1) is 14.9. The molecule has 0 radical (unpaired) electrons. The number of furan rings is 1. The highest BCUT2D eigenvalue weighted by molar-refractivity contribution is 5.88. The third-order valence-corrected chi connectivity index (χ3v) is 4.33. The Bertz CT molecular complexity index is 627. The van der Waals surface area contributed by atoms with Gasteiger partial charge in [0.1, 0.15) is 11.5 Å². The molecule has 1 N–H and O–H groups in total. The van der Waals surface area contributed by atoms with Crippen LogP contribution in [-0.4, -0.2) is 19.1 Å². The maximum atomic E-state index is 12.9. The van der Waals surface area contributed by atoms with Gasteiger partial charge in [0.05, 0.1) is 12.0 Å². The molecule has 0 unspecified atom stereocenters. The van der Waals surface area contributed by atoms with Crippen molar-refractivity contribution in [3.8, 4) is 0 Å². The van der Waals surface area contributed by atoms with Gasteiger partial charge in [-0.15, -0.1) is 0 Å². The average molecular weight is 299 g/mol. The lowest BCUT2D eigenvalue weighted by Crippen LogP contribution is -2.47. The maximum Gasteiger partial charge on any atom is 0.231 e. The molecule has 4 heteroatoms. The molecule has 0 bridgehead atoms. The van der Waals surface area contributed by atoms with Gasteiger partial charge in [-0.25, -0.2) is 0 Å². The Morgan fingerprint density at radius 2 is 1.86 bits per heavy atom. The molecule has 0 spiro atoms. The van der Waals surface area contributed by atoms with Crippen LogP contribution in [0.3, 0.4) is 0 Å². The van der Waals surface area contributed by atoms with Crippen LogP contribution in [0, 0.1) is 6.92 Å². The fourth-order valence-electron chi connectivity index (χ4n) is 3.04. The highest BCUT2D eigenvalue weighted by atomic mass is 16.5. The summed E-state index contributed by atoms with van der Waals surface area (Å²) < 4.78 is 11.0. The van der Waals surface area contributed by atoms with Crippen molar-refractivity contribution in [2.24, 2.45) is 0 Å². The lowest BCUT2D eigenvalue weighted by atomic mass is 9.73. The van der Waals surface area contributed by atoms with Crippen LogP contribution in [0.5, 0.6) is 0 Å². The zero-order valence-electron chi connectivity index (χ0n) is 12.8. The second-order valence-corrected chi connectivity index (χ2v) is 5.76. The van der Waals surface area contributed by atoms with Gasteiger partial charge in [-0.3, -0.25) is 4.79 Å². The minimum absolute atomic E-state index is 0.0519. The normalized spacial score (nSPS) is 17.1. The summed E-state index contributed by atoms with van der Waals surface area (Å²) in [6.07, 6.45) is 1.42. The van der Waals surface area contributed by atoms with E-state index in [2.05, 4.69) is 5.32 Å². The molecular weight excluding hydrogens is 278 g/mol. The van der Waals surface area contributed by atoms with Gasteiger partial charge in [0, 0.05) is 13.2 Å². The average Bonchev–Trinajstić information content (AvgIpc) is 2.99. The number of rotatable bonds is 4. The minimum Gasteiger partial charge on any atom is -0.465 e. The third kappa shape index (κ3) is 2.92.